The molecule has 3 unspecified atom stereocenters. The molecule has 0 N–H and O–H groups in total. The third kappa shape index (κ3) is 0.620. The van der Waals surface area contributed by atoms with Gasteiger partial charge in [-0.25, -0.2) is 0 Å². The van der Waals surface area contributed by atoms with Crippen LogP contribution in [0, 0.1) is 11.8 Å². The minimum absolute atomic E-state index is 0.859. The average molecular weight is 223 g/mol. The highest BCUT2D eigenvalue weighted by Crippen LogP contribution is 2.50. The molecule has 2 fully saturated rings. The number of hydrogen-bond acceptors (Lipinski definition) is 1. The van der Waals surface area contributed by atoms with E-state index < -0.39 is 0 Å². The van der Waals surface area contributed by atoms with Crippen LogP contribution in [0.25, 0.3) is 0 Å². The van der Waals surface area contributed by atoms with Crippen molar-refractivity contribution in [2.75, 3.05) is 13.6 Å². The van der Waals surface area contributed by atoms with Crippen LogP contribution in [-0.4, -0.2) is 22.5 Å². The summed E-state index contributed by atoms with van der Waals surface area (Å²) < 4.78 is 0.859. The van der Waals surface area contributed by atoms with Gasteiger partial charge in [-0.15, -0.1) is 0 Å². The van der Waals surface area contributed by atoms with Crippen LogP contribution in [-0.2, 0) is 0 Å². The molecule has 1 aliphatic heterocycles. The molecule has 1 saturated heterocycles. The summed E-state index contributed by atoms with van der Waals surface area (Å²) in [6.45, 7) is 1.36. The molecule has 0 spiro atoms. The van der Waals surface area contributed by atoms with Crippen molar-refractivity contribution in [3.05, 3.63) is 0 Å². The van der Waals surface area contributed by atoms with E-state index in [1.807, 2.05) is 0 Å². The van der Waals surface area contributed by atoms with E-state index >= 15 is 0 Å². The summed E-state index contributed by atoms with van der Waals surface area (Å²) in [6.07, 6.45) is 1.51. The van der Waals surface area contributed by atoms with Crippen molar-refractivity contribution < 1.29 is 0 Å². The molecule has 1 heterocycles. The highest BCUT2D eigenvalue weighted by atomic mass is 127. The topological polar surface area (TPSA) is 3.24 Å². The summed E-state index contributed by atoms with van der Waals surface area (Å²) in [5.74, 6) is 2.16. The van der Waals surface area contributed by atoms with Gasteiger partial charge in [-0.05, 0) is 25.3 Å². The van der Waals surface area contributed by atoms with Crippen LogP contribution in [0.4, 0.5) is 0 Å². The zero-order chi connectivity index (χ0) is 5.72. The number of likely N-dealkylation sites (tertiary alicyclic amines) is 1. The van der Waals surface area contributed by atoms with Crippen molar-refractivity contribution in [3.8, 4) is 0 Å². The van der Waals surface area contributed by atoms with Crippen LogP contribution in [0.5, 0.6) is 0 Å². The summed E-state index contributed by atoms with van der Waals surface area (Å²) in [7, 11) is 2.23. The van der Waals surface area contributed by atoms with E-state index in [2.05, 4.69) is 34.5 Å². The summed E-state index contributed by atoms with van der Waals surface area (Å²) >= 11 is 2.55. The molecule has 2 aliphatic rings. The summed E-state index contributed by atoms with van der Waals surface area (Å²) in [4.78, 5) is 2.46. The number of alkyl halides is 1. The van der Waals surface area contributed by atoms with Crippen LogP contribution < -0.4 is 0 Å². The summed E-state index contributed by atoms with van der Waals surface area (Å²) in [6, 6.07) is 0. The fraction of sp³-hybridized carbons (Fsp3) is 1.00. The van der Waals surface area contributed by atoms with Gasteiger partial charge >= 0.3 is 0 Å². The van der Waals surface area contributed by atoms with Crippen molar-refractivity contribution in [1.29, 1.82) is 0 Å². The molecule has 0 aromatic heterocycles. The van der Waals surface area contributed by atoms with Gasteiger partial charge < -0.3 is 0 Å². The first-order valence-electron chi connectivity index (χ1n) is 3.13. The van der Waals surface area contributed by atoms with Gasteiger partial charge in [0.2, 0.25) is 0 Å². The highest BCUT2D eigenvalue weighted by molar-refractivity contribution is 14.1. The van der Waals surface area contributed by atoms with E-state index in [0.29, 0.717) is 0 Å². The van der Waals surface area contributed by atoms with Gasteiger partial charge in [0.1, 0.15) is 0 Å². The Morgan fingerprint density at radius 1 is 1.62 bits per heavy atom. The van der Waals surface area contributed by atoms with Crippen molar-refractivity contribution in [3.63, 3.8) is 0 Å². The molecule has 3 atom stereocenters. The highest BCUT2D eigenvalue weighted by Gasteiger charge is 2.49. The van der Waals surface area contributed by atoms with Gasteiger partial charge in [0, 0.05) is 6.54 Å². The average Bonchev–Trinajstić information content (AvgIpc) is 2.39. The van der Waals surface area contributed by atoms with E-state index in [4.69, 9.17) is 0 Å². The smallest absolute Gasteiger partial charge is 0.0648 e. The second-order valence-corrected chi connectivity index (χ2v) is 4.25. The Balaban J connectivity index is 2.08. The standard InChI is InChI=1S/C6H10IN/c1-8-3-4-2-5(4)6(8)7/h4-6H,2-3H2,1H3. The van der Waals surface area contributed by atoms with Crippen LogP contribution in [0.1, 0.15) is 6.42 Å². The van der Waals surface area contributed by atoms with Crippen LogP contribution in [0.2, 0.25) is 0 Å². The van der Waals surface area contributed by atoms with Gasteiger partial charge in [-0.3, -0.25) is 4.90 Å². The SMILES string of the molecule is CN1CC2CC2C1I. The quantitative estimate of drug-likeness (QED) is 0.340. The Kier molecular flexibility index (Phi) is 1.09. The second-order valence-electron chi connectivity index (χ2n) is 2.97. The lowest BCUT2D eigenvalue weighted by Crippen LogP contribution is -2.22. The van der Waals surface area contributed by atoms with Crippen molar-refractivity contribution in [2.24, 2.45) is 11.8 Å². The minimum atomic E-state index is 0.859. The predicted molar refractivity (Wildman–Crippen MR) is 42.0 cm³/mol. The molecule has 0 aromatic carbocycles. The Labute approximate surface area is 63.6 Å². The molecule has 0 aromatic rings. The van der Waals surface area contributed by atoms with E-state index in [1.54, 1.807) is 0 Å². The number of hydrogen-bond donors (Lipinski definition) is 0. The molecule has 1 saturated carbocycles. The predicted octanol–water partition coefficient (Wildman–Crippen LogP) is 1.33. The van der Waals surface area contributed by atoms with E-state index in [0.717, 1.165) is 15.9 Å². The Morgan fingerprint density at radius 3 is 2.62 bits per heavy atom. The number of piperidine rings is 1. The van der Waals surface area contributed by atoms with Crippen LogP contribution in [0.15, 0.2) is 0 Å². The molecule has 0 amide bonds. The first-order valence-corrected chi connectivity index (χ1v) is 4.38. The fourth-order valence-corrected chi connectivity index (χ4v) is 2.72. The third-order valence-corrected chi connectivity index (χ3v) is 4.15. The number of rotatable bonds is 0. The zero-order valence-electron chi connectivity index (χ0n) is 4.97. The van der Waals surface area contributed by atoms with E-state index in [9.17, 15) is 0 Å². The first-order chi connectivity index (χ1) is 3.79. The summed E-state index contributed by atoms with van der Waals surface area (Å²) in [5.41, 5.74) is 0. The van der Waals surface area contributed by atoms with Crippen LogP contribution >= 0.6 is 22.6 Å². The molecular formula is C6H10IN. The molecule has 8 heavy (non-hydrogen) atoms. The first kappa shape index (κ1) is 5.47. The maximum Gasteiger partial charge on any atom is 0.0648 e. The largest absolute Gasteiger partial charge is 0.294 e. The lowest BCUT2D eigenvalue weighted by Gasteiger charge is -2.15. The lowest BCUT2D eigenvalue weighted by molar-refractivity contribution is 0.358. The molecule has 0 radical (unpaired) electrons. The second kappa shape index (κ2) is 1.59. The minimum Gasteiger partial charge on any atom is -0.294 e. The third-order valence-electron chi connectivity index (χ3n) is 2.27. The van der Waals surface area contributed by atoms with Crippen molar-refractivity contribution in [1.82, 2.24) is 4.90 Å². The molecule has 0 bridgehead atoms. The monoisotopic (exact) mass is 223 g/mol. The molecule has 1 aliphatic carbocycles. The van der Waals surface area contributed by atoms with Gasteiger partial charge in [0.25, 0.3) is 0 Å². The van der Waals surface area contributed by atoms with Gasteiger partial charge in [0.05, 0.1) is 4.05 Å². The Bertz CT molecular complexity index is 113. The Hall–Kier alpha value is 0.690. The molecule has 1 nitrogen and oxygen atoms in total. The zero-order valence-corrected chi connectivity index (χ0v) is 7.13. The molecular weight excluding hydrogens is 213 g/mol. The lowest BCUT2D eigenvalue weighted by atomic mass is 10.4. The number of nitrogens with zero attached hydrogens (tertiary/aromatic N) is 1. The van der Waals surface area contributed by atoms with Crippen molar-refractivity contribution in [2.45, 2.75) is 10.5 Å². The normalized spacial score (nSPS) is 54.0. The van der Waals surface area contributed by atoms with E-state index in [-0.39, 0.29) is 0 Å². The number of halogens is 1. The molecule has 2 rings (SSSR count). The number of fused-ring (bicyclic) bond motifs is 1. The summed E-state index contributed by atoms with van der Waals surface area (Å²) in [5, 5.41) is 0. The Morgan fingerprint density at radius 2 is 2.38 bits per heavy atom. The maximum absolute atomic E-state index is 2.55. The molecule has 2 heteroatoms. The van der Waals surface area contributed by atoms with Gasteiger partial charge in [0.15, 0.2) is 0 Å². The van der Waals surface area contributed by atoms with Gasteiger partial charge in [-0.1, -0.05) is 22.6 Å². The van der Waals surface area contributed by atoms with Crippen molar-refractivity contribution >= 4 is 22.6 Å². The fourth-order valence-electron chi connectivity index (χ4n) is 1.62. The van der Waals surface area contributed by atoms with E-state index in [1.165, 1.54) is 13.0 Å². The van der Waals surface area contributed by atoms with Gasteiger partial charge in [-0.2, -0.15) is 0 Å². The maximum atomic E-state index is 2.55. The molecule has 46 valence electrons. The van der Waals surface area contributed by atoms with Crippen LogP contribution in [0.3, 0.4) is 0 Å².